The van der Waals surface area contributed by atoms with Gasteiger partial charge in [0.2, 0.25) is 0 Å². The van der Waals surface area contributed by atoms with Gasteiger partial charge in [-0.1, -0.05) is 52.0 Å². The largest absolute Gasteiger partial charge is 0.464 e. The van der Waals surface area contributed by atoms with E-state index in [4.69, 9.17) is 9.47 Å². The van der Waals surface area contributed by atoms with E-state index in [0.29, 0.717) is 19.6 Å². The molecule has 0 aliphatic carbocycles. The first-order valence-electron chi connectivity index (χ1n) is 8.36. The molecule has 5 nitrogen and oxygen atoms in total. The lowest BCUT2D eigenvalue weighted by Gasteiger charge is -2.16. The summed E-state index contributed by atoms with van der Waals surface area (Å²) in [5.41, 5.74) is 0. The summed E-state index contributed by atoms with van der Waals surface area (Å²) < 4.78 is 10.2. The molecule has 0 rings (SSSR count). The molecule has 0 aromatic rings. The Morgan fingerprint density at radius 3 is 2.27 bits per heavy atom. The summed E-state index contributed by atoms with van der Waals surface area (Å²) in [5, 5.41) is 2.53. The molecule has 1 atom stereocenters. The minimum Gasteiger partial charge on any atom is -0.464 e. The fourth-order valence-electron chi connectivity index (χ4n) is 1.85. The number of esters is 1. The second-order valence-electron chi connectivity index (χ2n) is 5.29. The molecule has 0 aliphatic rings. The van der Waals surface area contributed by atoms with Crippen molar-refractivity contribution in [3.8, 4) is 0 Å². The molecule has 1 N–H and O–H groups in total. The third-order valence-electron chi connectivity index (χ3n) is 3.20. The van der Waals surface area contributed by atoms with E-state index in [1.165, 1.54) is 12.8 Å². The normalized spacial score (nSPS) is 11.5. The monoisotopic (exact) mass is 313 g/mol. The first kappa shape index (κ1) is 20.5. The molecule has 0 radical (unpaired) electrons. The molecule has 128 valence electrons. The van der Waals surface area contributed by atoms with E-state index in [1.54, 1.807) is 6.08 Å². The van der Waals surface area contributed by atoms with E-state index < -0.39 is 18.1 Å². The zero-order valence-electron chi connectivity index (χ0n) is 14.1. The van der Waals surface area contributed by atoms with Crippen LogP contribution in [0.3, 0.4) is 0 Å². The SMILES string of the molecule is C=CCC(NC(=O)OCCCC)C(=O)OCCCCCCC. The van der Waals surface area contributed by atoms with Crippen LogP contribution in [0.15, 0.2) is 12.7 Å². The molecular formula is C17H31NO4. The van der Waals surface area contributed by atoms with Gasteiger partial charge in [0.15, 0.2) is 0 Å². The Morgan fingerprint density at radius 1 is 1.00 bits per heavy atom. The summed E-state index contributed by atoms with van der Waals surface area (Å²) in [5.74, 6) is -0.428. The third kappa shape index (κ3) is 11.2. The second-order valence-corrected chi connectivity index (χ2v) is 5.29. The number of hydrogen-bond donors (Lipinski definition) is 1. The van der Waals surface area contributed by atoms with E-state index >= 15 is 0 Å². The Labute approximate surface area is 134 Å². The average molecular weight is 313 g/mol. The van der Waals surface area contributed by atoms with Crippen LogP contribution in [0.5, 0.6) is 0 Å². The Kier molecular flexibility index (Phi) is 13.4. The zero-order chi connectivity index (χ0) is 16.6. The molecule has 22 heavy (non-hydrogen) atoms. The van der Waals surface area contributed by atoms with Gasteiger partial charge < -0.3 is 14.8 Å². The molecule has 0 spiro atoms. The van der Waals surface area contributed by atoms with E-state index in [2.05, 4.69) is 18.8 Å². The molecule has 0 aromatic heterocycles. The number of carbonyl (C=O) groups is 2. The smallest absolute Gasteiger partial charge is 0.407 e. The van der Waals surface area contributed by atoms with Gasteiger partial charge in [-0.05, 0) is 19.3 Å². The Bertz CT molecular complexity index is 318. The number of nitrogens with one attached hydrogen (secondary N) is 1. The summed E-state index contributed by atoms with van der Waals surface area (Å²) >= 11 is 0. The van der Waals surface area contributed by atoms with Crippen LogP contribution in [0.25, 0.3) is 0 Å². The van der Waals surface area contributed by atoms with Crippen molar-refractivity contribution in [2.45, 2.75) is 71.3 Å². The minimum atomic E-state index is -0.720. The van der Waals surface area contributed by atoms with Crippen molar-refractivity contribution in [1.29, 1.82) is 0 Å². The summed E-state index contributed by atoms with van der Waals surface area (Å²) in [6, 6.07) is -0.720. The van der Waals surface area contributed by atoms with Gasteiger partial charge in [-0.2, -0.15) is 0 Å². The third-order valence-corrected chi connectivity index (χ3v) is 3.20. The molecule has 0 aromatic carbocycles. The molecule has 5 heteroatoms. The van der Waals surface area contributed by atoms with Crippen LogP contribution < -0.4 is 5.32 Å². The highest BCUT2D eigenvalue weighted by Gasteiger charge is 2.21. The second kappa shape index (κ2) is 14.4. The van der Waals surface area contributed by atoms with E-state index in [-0.39, 0.29) is 0 Å². The van der Waals surface area contributed by atoms with Crippen molar-refractivity contribution < 1.29 is 19.1 Å². The van der Waals surface area contributed by atoms with Crippen molar-refractivity contribution in [3.63, 3.8) is 0 Å². The fourth-order valence-corrected chi connectivity index (χ4v) is 1.85. The topological polar surface area (TPSA) is 64.6 Å². The molecule has 1 unspecified atom stereocenters. The van der Waals surface area contributed by atoms with Gasteiger partial charge in [0.1, 0.15) is 6.04 Å². The number of hydrogen-bond acceptors (Lipinski definition) is 4. The predicted octanol–water partition coefficient (Wildman–Crippen LogP) is 3.97. The van der Waals surface area contributed by atoms with Gasteiger partial charge in [0, 0.05) is 0 Å². The highest BCUT2D eigenvalue weighted by atomic mass is 16.6. The first-order chi connectivity index (χ1) is 10.7. The lowest BCUT2D eigenvalue weighted by atomic mass is 10.2. The van der Waals surface area contributed by atoms with Crippen LogP contribution in [0.4, 0.5) is 4.79 Å². The van der Waals surface area contributed by atoms with Crippen LogP contribution >= 0.6 is 0 Å². The van der Waals surface area contributed by atoms with Gasteiger partial charge in [-0.3, -0.25) is 0 Å². The maximum Gasteiger partial charge on any atom is 0.407 e. The van der Waals surface area contributed by atoms with Crippen LogP contribution in [0.2, 0.25) is 0 Å². The average Bonchev–Trinajstić information content (AvgIpc) is 2.50. The first-order valence-corrected chi connectivity index (χ1v) is 8.36. The number of ether oxygens (including phenoxy) is 2. The number of amides is 1. The van der Waals surface area contributed by atoms with Gasteiger partial charge in [0.25, 0.3) is 0 Å². The highest BCUT2D eigenvalue weighted by Crippen LogP contribution is 2.04. The Balaban J connectivity index is 4.00. The molecule has 0 fully saturated rings. The van der Waals surface area contributed by atoms with E-state index in [9.17, 15) is 9.59 Å². The van der Waals surface area contributed by atoms with Crippen molar-refractivity contribution in [1.82, 2.24) is 5.32 Å². The number of carbonyl (C=O) groups excluding carboxylic acids is 2. The summed E-state index contributed by atoms with van der Waals surface area (Å²) in [4.78, 5) is 23.5. The van der Waals surface area contributed by atoms with Crippen molar-refractivity contribution in [2.75, 3.05) is 13.2 Å². The fraction of sp³-hybridized carbons (Fsp3) is 0.765. The quantitative estimate of drug-likeness (QED) is 0.317. The predicted molar refractivity (Wildman–Crippen MR) is 87.7 cm³/mol. The number of rotatable bonds is 13. The molecular weight excluding hydrogens is 282 g/mol. The van der Waals surface area contributed by atoms with Crippen LogP contribution in [0, 0.1) is 0 Å². The number of unbranched alkanes of at least 4 members (excludes halogenated alkanes) is 5. The lowest BCUT2D eigenvalue weighted by molar-refractivity contribution is -0.146. The van der Waals surface area contributed by atoms with E-state index in [0.717, 1.165) is 32.1 Å². The maximum absolute atomic E-state index is 11.9. The summed E-state index contributed by atoms with van der Waals surface area (Å²) in [6.45, 7) is 8.52. The lowest BCUT2D eigenvalue weighted by Crippen LogP contribution is -2.42. The van der Waals surface area contributed by atoms with Gasteiger partial charge in [-0.15, -0.1) is 6.58 Å². The highest BCUT2D eigenvalue weighted by molar-refractivity contribution is 5.81. The van der Waals surface area contributed by atoms with E-state index in [1.807, 2.05) is 6.92 Å². The van der Waals surface area contributed by atoms with Crippen LogP contribution in [0.1, 0.15) is 65.2 Å². The molecule has 0 saturated heterocycles. The molecule has 1 amide bonds. The molecule has 0 heterocycles. The van der Waals surface area contributed by atoms with Gasteiger partial charge in [0.05, 0.1) is 13.2 Å². The maximum atomic E-state index is 11.9. The molecule has 0 saturated carbocycles. The minimum absolute atomic E-state index is 0.331. The standard InChI is InChI=1S/C17H31NO4/c1-4-7-9-10-11-14-21-16(19)15(12-6-3)18-17(20)22-13-8-5-2/h6,15H,3-5,7-14H2,1-2H3,(H,18,20). The summed E-state index contributed by atoms with van der Waals surface area (Å²) in [6.07, 6.45) is 8.55. The zero-order valence-corrected chi connectivity index (χ0v) is 14.1. The van der Waals surface area contributed by atoms with Crippen molar-refractivity contribution in [2.24, 2.45) is 0 Å². The van der Waals surface area contributed by atoms with Crippen molar-refractivity contribution >= 4 is 12.1 Å². The summed E-state index contributed by atoms with van der Waals surface area (Å²) in [7, 11) is 0. The Morgan fingerprint density at radius 2 is 1.64 bits per heavy atom. The van der Waals surface area contributed by atoms with Crippen LogP contribution in [-0.2, 0) is 14.3 Å². The number of alkyl carbamates (subject to hydrolysis) is 1. The Hall–Kier alpha value is -1.52. The van der Waals surface area contributed by atoms with Crippen molar-refractivity contribution in [3.05, 3.63) is 12.7 Å². The molecule has 0 bridgehead atoms. The van der Waals surface area contributed by atoms with Gasteiger partial charge in [-0.25, -0.2) is 9.59 Å². The molecule has 0 aliphatic heterocycles. The van der Waals surface area contributed by atoms with Crippen LogP contribution in [-0.4, -0.2) is 31.3 Å². The van der Waals surface area contributed by atoms with Gasteiger partial charge >= 0.3 is 12.1 Å².